The van der Waals surface area contributed by atoms with Crippen LogP contribution in [0.5, 0.6) is 0 Å². The number of aromatic nitrogens is 2. The Labute approximate surface area is 254 Å². The number of nitrogens with one attached hydrogen (secondary N) is 3. The second kappa shape index (κ2) is 11.7. The van der Waals surface area contributed by atoms with E-state index in [0.29, 0.717) is 35.2 Å². The van der Waals surface area contributed by atoms with Crippen molar-refractivity contribution in [1.82, 2.24) is 14.9 Å². The van der Waals surface area contributed by atoms with E-state index >= 15 is 0 Å². The summed E-state index contributed by atoms with van der Waals surface area (Å²) in [6.07, 6.45) is -0.510. The predicted octanol–water partition coefficient (Wildman–Crippen LogP) is 6.07. The molecular weight excluding hydrogens is 598 g/mol. The third kappa shape index (κ3) is 6.17. The zero-order valence-electron chi connectivity index (χ0n) is 23.8. The molecule has 230 valence electrons. The van der Waals surface area contributed by atoms with Crippen LogP contribution in [0.4, 0.5) is 40.4 Å². The molecule has 2 aromatic carbocycles. The minimum atomic E-state index is -4.68. The molecule has 1 atom stereocenters. The minimum absolute atomic E-state index is 0.0202. The highest BCUT2D eigenvalue weighted by molar-refractivity contribution is 7.18. The zero-order valence-corrected chi connectivity index (χ0v) is 24.7. The Hall–Kier alpha value is -4.30. The van der Waals surface area contributed by atoms with Gasteiger partial charge in [-0.1, -0.05) is 0 Å². The van der Waals surface area contributed by atoms with Crippen LogP contribution < -0.4 is 20.9 Å². The maximum Gasteiger partial charge on any atom is 0.418 e. The number of amides is 2. The van der Waals surface area contributed by atoms with E-state index in [4.69, 9.17) is 0 Å². The zero-order chi connectivity index (χ0) is 31.2. The van der Waals surface area contributed by atoms with Crippen LogP contribution in [0.3, 0.4) is 0 Å². The van der Waals surface area contributed by atoms with Gasteiger partial charge in [0.05, 0.1) is 27.0 Å². The molecule has 0 spiro atoms. The third-order valence-corrected chi connectivity index (χ3v) is 8.76. The summed E-state index contributed by atoms with van der Waals surface area (Å²) >= 11 is 1.29. The Balaban J connectivity index is 1.19. The first-order valence-corrected chi connectivity index (χ1v) is 14.9. The summed E-state index contributed by atoms with van der Waals surface area (Å²) in [7, 11) is 3.78. The van der Waals surface area contributed by atoms with E-state index in [9.17, 15) is 27.2 Å². The number of carbonyl (C=O) groups excluding carboxylic acids is 2. The van der Waals surface area contributed by atoms with Gasteiger partial charge >= 0.3 is 6.18 Å². The predicted molar refractivity (Wildman–Crippen MR) is 162 cm³/mol. The van der Waals surface area contributed by atoms with Crippen molar-refractivity contribution in [3.63, 3.8) is 0 Å². The second-order valence-corrected chi connectivity index (χ2v) is 12.0. The fraction of sp³-hybridized carbons (Fsp3) is 0.333. The van der Waals surface area contributed by atoms with Gasteiger partial charge < -0.3 is 25.8 Å². The molecule has 1 aliphatic heterocycles. The fourth-order valence-corrected chi connectivity index (χ4v) is 6.14. The smallest absolute Gasteiger partial charge is 0.369 e. The first kappa shape index (κ1) is 29.8. The Morgan fingerprint density at radius 2 is 1.82 bits per heavy atom. The van der Waals surface area contributed by atoms with Gasteiger partial charge in [-0.2, -0.15) is 13.2 Å². The number of likely N-dealkylation sites (N-methyl/N-ethyl adjacent to an activating group) is 1. The molecule has 14 heteroatoms. The first-order chi connectivity index (χ1) is 21.0. The van der Waals surface area contributed by atoms with Crippen molar-refractivity contribution >= 4 is 56.2 Å². The number of benzene rings is 2. The number of halogens is 4. The molecule has 6 rings (SSSR count). The van der Waals surface area contributed by atoms with Crippen LogP contribution in [0.25, 0.3) is 10.2 Å². The molecule has 1 saturated heterocycles. The molecule has 0 bridgehead atoms. The van der Waals surface area contributed by atoms with E-state index in [0.717, 1.165) is 31.4 Å². The Morgan fingerprint density at radius 3 is 2.52 bits per heavy atom. The minimum Gasteiger partial charge on any atom is -0.369 e. The molecule has 4 aromatic rings. The van der Waals surface area contributed by atoms with Gasteiger partial charge in [-0.3, -0.25) is 9.59 Å². The highest BCUT2D eigenvalue weighted by atomic mass is 32.1. The summed E-state index contributed by atoms with van der Waals surface area (Å²) < 4.78 is 57.7. The summed E-state index contributed by atoms with van der Waals surface area (Å²) in [5.74, 6) is -1.54. The molecule has 1 aliphatic carbocycles. The number of hydrogen-bond acceptors (Lipinski definition) is 8. The summed E-state index contributed by atoms with van der Waals surface area (Å²) in [6.45, 7) is 0.909. The molecule has 3 N–H and O–H groups in total. The largest absolute Gasteiger partial charge is 0.418 e. The second-order valence-electron chi connectivity index (χ2n) is 11.2. The van der Waals surface area contributed by atoms with Crippen molar-refractivity contribution < 1.29 is 27.2 Å². The third-order valence-electron chi connectivity index (χ3n) is 7.79. The highest BCUT2D eigenvalue weighted by Gasteiger charge is 2.37. The van der Waals surface area contributed by atoms with Crippen LogP contribution >= 0.6 is 11.3 Å². The SMILES string of the molecule is CN(C)[C@H]1CCN(c2ccc(C(=O)Nc3ccc(F)c(NC(=O)c4csc5c(NC6CC6)ncnc45)c3)cc2C(F)(F)F)C1. The normalized spacial score (nSPS) is 16.9. The average molecular weight is 628 g/mol. The van der Waals surface area contributed by atoms with Crippen molar-refractivity contribution in [2.24, 2.45) is 0 Å². The number of anilines is 4. The Kier molecular flexibility index (Phi) is 7.88. The molecular formula is C30H29F4N7O2S. The summed E-state index contributed by atoms with van der Waals surface area (Å²) in [5.41, 5.74) is -0.565. The van der Waals surface area contributed by atoms with Crippen LogP contribution in [0.15, 0.2) is 48.1 Å². The lowest BCUT2D eigenvalue weighted by atomic mass is 10.1. The number of hydrogen-bond donors (Lipinski definition) is 3. The van der Waals surface area contributed by atoms with Gasteiger partial charge in [0.25, 0.3) is 11.8 Å². The molecule has 44 heavy (non-hydrogen) atoms. The monoisotopic (exact) mass is 627 g/mol. The average Bonchev–Trinajstić information content (AvgIpc) is 3.47. The van der Waals surface area contributed by atoms with Crippen LogP contribution in [0.1, 0.15) is 45.5 Å². The van der Waals surface area contributed by atoms with Crippen molar-refractivity contribution in [1.29, 1.82) is 0 Å². The van der Waals surface area contributed by atoms with Crippen LogP contribution in [-0.4, -0.2) is 66.0 Å². The van der Waals surface area contributed by atoms with Crippen molar-refractivity contribution in [2.75, 3.05) is 48.0 Å². The standard InChI is InChI=1S/C30H29F4N7O2S/c1-40(2)19-9-10-41(13-19)24-8-3-16(11-21(24)30(32,33)34)28(42)38-18-6-7-22(31)23(12-18)39-29(43)20-14-44-26-25(20)35-15-36-27(26)37-17-4-5-17/h3,6-8,11-12,14-15,17,19H,4-5,9-10,13H2,1-2H3,(H,38,42)(H,39,43)(H,35,36,37)/t19-/m0/s1. The van der Waals surface area contributed by atoms with Crippen LogP contribution in [0, 0.1) is 5.82 Å². The van der Waals surface area contributed by atoms with E-state index in [1.54, 1.807) is 10.3 Å². The summed E-state index contributed by atoms with van der Waals surface area (Å²) in [5, 5.41) is 9.94. The Bertz CT molecular complexity index is 1740. The molecule has 0 unspecified atom stereocenters. The van der Waals surface area contributed by atoms with Crippen LogP contribution in [-0.2, 0) is 6.18 Å². The van der Waals surface area contributed by atoms with Gasteiger partial charge in [-0.15, -0.1) is 11.3 Å². The van der Waals surface area contributed by atoms with Gasteiger partial charge in [0.1, 0.15) is 18.0 Å². The summed E-state index contributed by atoms with van der Waals surface area (Å²) in [6, 6.07) is 7.47. The van der Waals surface area contributed by atoms with Gasteiger partial charge in [0.2, 0.25) is 0 Å². The van der Waals surface area contributed by atoms with Gasteiger partial charge in [-0.25, -0.2) is 14.4 Å². The molecule has 2 aromatic heterocycles. The van der Waals surface area contributed by atoms with E-state index < -0.39 is 29.4 Å². The lowest BCUT2D eigenvalue weighted by Crippen LogP contribution is -2.32. The maximum atomic E-state index is 14.7. The fourth-order valence-electron chi connectivity index (χ4n) is 5.19. The van der Waals surface area contributed by atoms with E-state index in [1.165, 1.54) is 41.9 Å². The molecule has 2 amide bonds. The summed E-state index contributed by atoms with van der Waals surface area (Å²) in [4.78, 5) is 38.3. The van der Waals surface area contributed by atoms with Gasteiger partial charge in [-0.05, 0) is 69.8 Å². The van der Waals surface area contributed by atoms with Crippen molar-refractivity contribution in [3.05, 3.63) is 70.6 Å². The number of rotatable bonds is 8. The van der Waals surface area contributed by atoms with Crippen molar-refractivity contribution in [3.8, 4) is 0 Å². The van der Waals surface area contributed by atoms with Crippen LogP contribution in [0.2, 0.25) is 0 Å². The van der Waals surface area contributed by atoms with Crippen molar-refractivity contribution in [2.45, 2.75) is 37.5 Å². The molecule has 3 heterocycles. The maximum absolute atomic E-state index is 14.7. The first-order valence-electron chi connectivity index (χ1n) is 14.0. The lowest BCUT2D eigenvalue weighted by molar-refractivity contribution is -0.137. The molecule has 2 aliphatic rings. The van der Waals surface area contributed by atoms with E-state index in [1.807, 2.05) is 19.0 Å². The quantitative estimate of drug-likeness (QED) is 0.204. The molecule has 0 radical (unpaired) electrons. The topological polar surface area (TPSA) is 102 Å². The highest BCUT2D eigenvalue weighted by Crippen LogP contribution is 2.39. The van der Waals surface area contributed by atoms with E-state index in [2.05, 4.69) is 25.9 Å². The number of fused-ring (bicyclic) bond motifs is 1. The Morgan fingerprint density at radius 1 is 1.02 bits per heavy atom. The van der Waals surface area contributed by atoms with Gasteiger partial charge in [0, 0.05) is 47.5 Å². The number of thiophene rings is 1. The molecule has 9 nitrogen and oxygen atoms in total. The van der Waals surface area contributed by atoms with E-state index in [-0.39, 0.29) is 34.2 Å². The van der Waals surface area contributed by atoms with Gasteiger partial charge in [0.15, 0.2) is 0 Å². The molecule has 1 saturated carbocycles. The number of carbonyl (C=O) groups is 2. The molecule has 2 fully saturated rings. The lowest BCUT2D eigenvalue weighted by Gasteiger charge is -2.25. The number of nitrogens with zero attached hydrogens (tertiary/aromatic N) is 4. The number of alkyl halides is 3.